The summed E-state index contributed by atoms with van der Waals surface area (Å²) in [6.45, 7) is 0. The third-order valence-electron chi connectivity index (χ3n) is 2.68. The van der Waals surface area contributed by atoms with Crippen molar-refractivity contribution in [2.24, 2.45) is 0 Å². The molecule has 0 saturated heterocycles. The van der Waals surface area contributed by atoms with Crippen molar-refractivity contribution >= 4 is 38.6 Å². The van der Waals surface area contributed by atoms with E-state index in [9.17, 15) is 0 Å². The molecule has 4 heteroatoms. The van der Waals surface area contributed by atoms with E-state index < -0.39 is 0 Å². The Hall–Kier alpha value is -1.32. The molecule has 3 aromatic rings. The van der Waals surface area contributed by atoms with Gasteiger partial charge in [-0.3, -0.25) is 0 Å². The zero-order valence-corrected chi connectivity index (χ0v) is 11.6. The monoisotopic (exact) mass is 321 g/mol. The van der Waals surface area contributed by atoms with Gasteiger partial charge in [0.15, 0.2) is 5.58 Å². The summed E-state index contributed by atoms with van der Waals surface area (Å²) in [5.41, 5.74) is 2.53. The minimum absolute atomic E-state index is 0.364. The first kappa shape index (κ1) is 11.8. The van der Waals surface area contributed by atoms with Gasteiger partial charge in [-0.1, -0.05) is 46.3 Å². The van der Waals surface area contributed by atoms with Crippen LogP contribution in [0.1, 0.15) is 16.8 Å². The summed E-state index contributed by atoms with van der Waals surface area (Å²) in [6, 6.07) is 15.5. The quantitative estimate of drug-likeness (QED) is 0.626. The van der Waals surface area contributed by atoms with Gasteiger partial charge in [0.2, 0.25) is 5.89 Å². The van der Waals surface area contributed by atoms with E-state index in [1.165, 1.54) is 0 Å². The molecule has 1 atom stereocenters. The summed E-state index contributed by atoms with van der Waals surface area (Å²) in [7, 11) is 0. The molecule has 1 heterocycles. The molecule has 0 bridgehead atoms. The van der Waals surface area contributed by atoms with E-state index in [2.05, 4.69) is 20.9 Å². The molecule has 1 aromatic heterocycles. The topological polar surface area (TPSA) is 26.0 Å². The molecule has 0 aliphatic carbocycles. The lowest BCUT2D eigenvalue weighted by molar-refractivity contribution is 0.538. The van der Waals surface area contributed by atoms with Crippen LogP contribution >= 0.6 is 27.5 Å². The molecular weight excluding hydrogens is 314 g/mol. The summed E-state index contributed by atoms with van der Waals surface area (Å²) < 4.78 is 6.65. The molecule has 1 unspecified atom stereocenters. The highest BCUT2D eigenvalue weighted by molar-refractivity contribution is 9.10. The Morgan fingerprint density at radius 2 is 1.89 bits per heavy atom. The van der Waals surface area contributed by atoms with Crippen molar-refractivity contribution in [1.29, 1.82) is 0 Å². The van der Waals surface area contributed by atoms with E-state index >= 15 is 0 Å². The molecule has 0 saturated carbocycles. The van der Waals surface area contributed by atoms with Gasteiger partial charge in [-0.2, -0.15) is 0 Å². The van der Waals surface area contributed by atoms with E-state index in [1.54, 1.807) is 0 Å². The van der Waals surface area contributed by atoms with Gasteiger partial charge in [0.1, 0.15) is 10.9 Å². The molecule has 2 nitrogen and oxygen atoms in total. The highest BCUT2D eigenvalue weighted by Gasteiger charge is 2.17. The van der Waals surface area contributed by atoms with Crippen molar-refractivity contribution < 1.29 is 4.42 Å². The fourth-order valence-corrected chi connectivity index (χ4v) is 2.38. The largest absolute Gasteiger partial charge is 0.439 e. The predicted octanol–water partition coefficient (Wildman–Crippen LogP) is 4.92. The normalized spacial score (nSPS) is 12.8. The van der Waals surface area contributed by atoms with Crippen LogP contribution in [0.3, 0.4) is 0 Å². The van der Waals surface area contributed by atoms with Crippen LogP contribution in [0.4, 0.5) is 0 Å². The van der Waals surface area contributed by atoms with Crippen LogP contribution in [-0.2, 0) is 0 Å². The molecule has 0 radical (unpaired) electrons. The fraction of sp³-hybridized carbons (Fsp3) is 0.0714. The lowest BCUT2D eigenvalue weighted by atomic mass is 10.1. The number of oxazole rings is 1. The minimum atomic E-state index is -0.364. The van der Waals surface area contributed by atoms with Crippen molar-refractivity contribution in [3.8, 4) is 0 Å². The molecule has 2 aromatic carbocycles. The zero-order valence-electron chi connectivity index (χ0n) is 9.31. The third kappa shape index (κ3) is 2.16. The van der Waals surface area contributed by atoms with E-state index in [0.29, 0.717) is 5.89 Å². The van der Waals surface area contributed by atoms with Crippen molar-refractivity contribution in [1.82, 2.24) is 4.98 Å². The van der Waals surface area contributed by atoms with Gasteiger partial charge < -0.3 is 4.42 Å². The average molecular weight is 323 g/mol. The van der Waals surface area contributed by atoms with Gasteiger partial charge in [0.25, 0.3) is 0 Å². The van der Waals surface area contributed by atoms with Crippen LogP contribution in [0.5, 0.6) is 0 Å². The first-order chi connectivity index (χ1) is 8.74. The Labute approximate surface area is 118 Å². The van der Waals surface area contributed by atoms with E-state index in [-0.39, 0.29) is 5.38 Å². The number of benzene rings is 2. The van der Waals surface area contributed by atoms with E-state index in [4.69, 9.17) is 16.0 Å². The van der Waals surface area contributed by atoms with Gasteiger partial charge in [-0.25, -0.2) is 4.98 Å². The summed E-state index contributed by atoms with van der Waals surface area (Å²) in [4.78, 5) is 4.42. The van der Waals surface area contributed by atoms with Crippen molar-refractivity contribution in [3.05, 3.63) is 64.5 Å². The molecule has 3 rings (SSSR count). The standard InChI is InChI=1S/C14H9BrClNO/c15-10-6-7-12-11(8-10)17-14(18-12)13(16)9-4-2-1-3-5-9/h1-8,13H. The Morgan fingerprint density at radius 1 is 1.11 bits per heavy atom. The maximum absolute atomic E-state index is 6.37. The Morgan fingerprint density at radius 3 is 2.67 bits per heavy atom. The second-order valence-electron chi connectivity index (χ2n) is 3.94. The molecule has 0 aliphatic heterocycles. The highest BCUT2D eigenvalue weighted by atomic mass is 79.9. The van der Waals surface area contributed by atoms with Crippen LogP contribution < -0.4 is 0 Å². The van der Waals surface area contributed by atoms with E-state index in [0.717, 1.165) is 21.1 Å². The van der Waals surface area contributed by atoms with Crippen LogP contribution in [0.2, 0.25) is 0 Å². The molecular formula is C14H9BrClNO. The van der Waals surface area contributed by atoms with Gasteiger partial charge in [-0.05, 0) is 23.8 Å². The Bertz CT molecular complexity index is 681. The fourth-order valence-electron chi connectivity index (χ4n) is 1.79. The Kier molecular flexibility index (Phi) is 3.10. The summed E-state index contributed by atoms with van der Waals surface area (Å²) in [6.07, 6.45) is 0. The van der Waals surface area contributed by atoms with Crippen LogP contribution in [0, 0.1) is 0 Å². The van der Waals surface area contributed by atoms with Crippen molar-refractivity contribution in [3.63, 3.8) is 0 Å². The first-order valence-corrected chi connectivity index (χ1v) is 6.72. The number of nitrogens with zero attached hydrogens (tertiary/aromatic N) is 1. The lowest BCUT2D eigenvalue weighted by Gasteiger charge is -2.04. The van der Waals surface area contributed by atoms with E-state index in [1.807, 2.05) is 48.5 Å². The molecule has 18 heavy (non-hydrogen) atoms. The summed E-state index contributed by atoms with van der Waals surface area (Å²) >= 11 is 9.78. The average Bonchev–Trinajstić information content (AvgIpc) is 2.81. The van der Waals surface area contributed by atoms with Crippen molar-refractivity contribution in [2.75, 3.05) is 0 Å². The third-order valence-corrected chi connectivity index (χ3v) is 3.61. The maximum atomic E-state index is 6.37. The first-order valence-electron chi connectivity index (χ1n) is 5.49. The molecule has 0 spiro atoms. The van der Waals surface area contributed by atoms with Crippen LogP contribution in [0.25, 0.3) is 11.1 Å². The minimum Gasteiger partial charge on any atom is -0.439 e. The second kappa shape index (κ2) is 4.75. The zero-order chi connectivity index (χ0) is 12.5. The number of alkyl halides is 1. The number of hydrogen-bond donors (Lipinski definition) is 0. The molecule has 0 amide bonds. The number of fused-ring (bicyclic) bond motifs is 1. The van der Waals surface area contributed by atoms with Gasteiger partial charge in [-0.15, -0.1) is 11.6 Å². The maximum Gasteiger partial charge on any atom is 0.218 e. The lowest BCUT2D eigenvalue weighted by Crippen LogP contribution is -1.92. The SMILES string of the molecule is ClC(c1ccccc1)c1nc2cc(Br)ccc2o1. The number of aromatic nitrogens is 1. The smallest absolute Gasteiger partial charge is 0.218 e. The van der Waals surface area contributed by atoms with Crippen molar-refractivity contribution in [2.45, 2.75) is 5.38 Å². The molecule has 0 aliphatic rings. The summed E-state index contributed by atoms with van der Waals surface area (Å²) in [5.74, 6) is 0.524. The van der Waals surface area contributed by atoms with Crippen LogP contribution in [-0.4, -0.2) is 4.98 Å². The Balaban J connectivity index is 2.04. The molecule has 90 valence electrons. The number of hydrogen-bond acceptors (Lipinski definition) is 2. The predicted molar refractivity (Wildman–Crippen MR) is 75.8 cm³/mol. The molecule has 0 fully saturated rings. The second-order valence-corrected chi connectivity index (χ2v) is 5.29. The summed E-state index contributed by atoms with van der Waals surface area (Å²) in [5, 5.41) is -0.364. The highest BCUT2D eigenvalue weighted by Crippen LogP contribution is 2.31. The van der Waals surface area contributed by atoms with Gasteiger partial charge in [0.05, 0.1) is 0 Å². The molecule has 0 N–H and O–H groups in total. The van der Waals surface area contributed by atoms with Gasteiger partial charge in [0, 0.05) is 4.47 Å². The number of halogens is 2. The van der Waals surface area contributed by atoms with Gasteiger partial charge >= 0.3 is 0 Å². The van der Waals surface area contributed by atoms with Crippen LogP contribution in [0.15, 0.2) is 57.4 Å². The number of rotatable bonds is 2.